The summed E-state index contributed by atoms with van der Waals surface area (Å²) in [5, 5.41) is 0. The number of hydrogen-bond donors (Lipinski definition) is 0. The van der Waals surface area contributed by atoms with E-state index >= 15 is 0 Å². The zero-order chi connectivity index (χ0) is 18.3. The van der Waals surface area contributed by atoms with Crippen LogP contribution in [0.2, 0.25) is 0 Å². The predicted octanol–water partition coefficient (Wildman–Crippen LogP) is 7.33. The van der Waals surface area contributed by atoms with Gasteiger partial charge < -0.3 is 0 Å². The van der Waals surface area contributed by atoms with E-state index in [0.29, 0.717) is 12.5 Å². The largest absolute Gasteiger partial charge is 0.478 e. The van der Waals surface area contributed by atoms with Crippen molar-refractivity contribution in [1.29, 1.82) is 0 Å². The lowest BCUT2D eigenvalue weighted by molar-refractivity contribution is 0.0635. The molecule has 0 heterocycles. The smallest absolute Gasteiger partial charge is 0.287 e. The molecule has 0 bridgehead atoms. The first-order valence-electron chi connectivity index (χ1n) is 9.91. The van der Waals surface area contributed by atoms with E-state index in [2.05, 4.69) is 34.6 Å². The second kappa shape index (κ2) is 15.8. The number of hydrogen-bond acceptors (Lipinski definition) is 4. The first kappa shape index (κ1) is 24.5. The third-order valence-electron chi connectivity index (χ3n) is 4.09. The number of phosphoric ester groups is 1. The molecule has 0 spiro atoms. The molecular weight excluding hydrogens is 342 g/mol. The lowest BCUT2D eigenvalue weighted by Crippen LogP contribution is -2.23. The Morgan fingerprint density at radius 1 is 0.917 bits per heavy atom. The topological polar surface area (TPSA) is 44.8 Å². The van der Waals surface area contributed by atoms with Gasteiger partial charge >= 0.3 is 7.82 Å². The third kappa shape index (κ3) is 11.2. The van der Waals surface area contributed by atoms with E-state index in [4.69, 9.17) is 13.4 Å². The first-order chi connectivity index (χ1) is 11.6. The van der Waals surface area contributed by atoms with Crippen LogP contribution in [0.1, 0.15) is 92.4 Å². The van der Waals surface area contributed by atoms with Gasteiger partial charge in [-0.3, -0.25) is 13.4 Å². The summed E-state index contributed by atoms with van der Waals surface area (Å²) >= 11 is 0. The first-order valence-corrected chi connectivity index (χ1v) is 12.5. The molecular formula is C18H40O4P2. The Hall–Kier alpha value is 0.540. The van der Waals surface area contributed by atoms with Crippen molar-refractivity contribution in [3.05, 3.63) is 0 Å². The highest BCUT2D eigenvalue weighted by Crippen LogP contribution is 2.56. The minimum atomic E-state index is -3.45. The average Bonchev–Trinajstić information content (AvgIpc) is 2.56. The lowest BCUT2D eigenvalue weighted by Gasteiger charge is -2.29. The van der Waals surface area contributed by atoms with Crippen molar-refractivity contribution < 1.29 is 17.9 Å². The molecule has 0 radical (unpaired) electrons. The van der Waals surface area contributed by atoms with Gasteiger partial charge in [0, 0.05) is 8.81 Å². The van der Waals surface area contributed by atoms with E-state index in [1.54, 1.807) is 0 Å². The van der Waals surface area contributed by atoms with Crippen molar-refractivity contribution in [3.8, 4) is 0 Å². The van der Waals surface area contributed by atoms with Gasteiger partial charge in [0.05, 0.1) is 12.7 Å². The highest BCUT2D eigenvalue weighted by molar-refractivity contribution is 7.56. The second-order valence-corrected chi connectivity index (χ2v) is 9.25. The van der Waals surface area contributed by atoms with E-state index in [-0.39, 0.29) is 14.9 Å². The molecule has 146 valence electrons. The molecule has 0 amide bonds. The standard InChI is InChI=1S/C18H40O4P2/c1-6-11-14-17(10-5)18(13-8-3)21-24(19,20-15-12-7-2)22-23-16-9-4/h17-18,23H,6-16H2,1-5H3. The molecule has 0 aliphatic carbocycles. The molecule has 4 unspecified atom stereocenters. The van der Waals surface area contributed by atoms with Crippen LogP contribution >= 0.6 is 16.6 Å². The molecule has 0 aliphatic rings. The summed E-state index contributed by atoms with van der Waals surface area (Å²) in [5.74, 6) is 0.422. The molecule has 0 aromatic rings. The average molecular weight is 382 g/mol. The highest BCUT2D eigenvalue weighted by atomic mass is 31.2. The van der Waals surface area contributed by atoms with Crippen LogP contribution in [0, 0.1) is 5.92 Å². The van der Waals surface area contributed by atoms with E-state index in [1.165, 1.54) is 12.8 Å². The summed E-state index contributed by atoms with van der Waals surface area (Å²) in [6.45, 7) is 11.2. The zero-order valence-electron chi connectivity index (χ0n) is 16.5. The van der Waals surface area contributed by atoms with Gasteiger partial charge in [-0.1, -0.05) is 73.1 Å². The van der Waals surface area contributed by atoms with Crippen LogP contribution in [0.3, 0.4) is 0 Å². The van der Waals surface area contributed by atoms with Gasteiger partial charge in [-0.05, 0) is 31.3 Å². The van der Waals surface area contributed by atoms with Gasteiger partial charge in [0.2, 0.25) is 0 Å². The van der Waals surface area contributed by atoms with Crippen LogP contribution in [-0.4, -0.2) is 18.9 Å². The molecule has 0 aromatic heterocycles. The predicted molar refractivity (Wildman–Crippen MR) is 106 cm³/mol. The van der Waals surface area contributed by atoms with Gasteiger partial charge in [0.15, 0.2) is 0 Å². The SMILES string of the molecule is CCCCOP(=O)(OPCCC)OC(CCC)C(CC)CCCC. The number of unbranched alkanes of at least 4 members (excludes halogenated alkanes) is 2. The normalized spacial score (nSPS) is 17.2. The summed E-state index contributed by atoms with van der Waals surface area (Å²) in [6, 6.07) is 0. The molecule has 0 aliphatic heterocycles. The van der Waals surface area contributed by atoms with Crippen molar-refractivity contribution in [1.82, 2.24) is 0 Å². The van der Waals surface area contributed by atoms with Gasteiger partial charge in [-0.2, -0.15) is 0 Å². The van der Waals surface area contributed by atoms with Crippen LogP contribution in [0.15, 0.2) is 0 Å². The van der Waals surface area contributed by atoms with Gasteiger partial charge in [0.25, 0.3) is 0 Å². The van der Waals surface area contributed by atoms with Crippen LogP contribution in [0.4, 0.5) is 0 Å². The van der Waals surface area contributed by atoms with Crippen molar-refractivity contribution in [3.63, 3.8) is 0 Å². The van der Waals surface area contributed by atoms with Gasteiger partial charge in [-0.25, -0.2) is 4.57 Å². The Kier molecular flexibility index (Phi) is 16.1. The molecule has 0 N–H and O–H groups in total. The van der Waals surface area contributed by atoms with Crippen molar-refractivity contribution in [2.75, 3.05) is 12.8 Å². The summed E-state index contributed by atoms with van der Waals surface area (Å²) in [7, 11) is -3.27. The fraction of sp³-hybridized carbons (Fsp3) is 1.00. The van der Waals surface area contributed by atoms with E-state index in [9.17, 15) is 4.57 Å². The maximum atomic E-state index is 13.1. The van der Waals surface area contributed by atoms with Crippen LogP contribution in [-0.2, 0) is 17.9 Å². The molecule has 4 nitrogen and oxygen atoms in total. The Bertz CT molecular complexity index is 312. The summed E-state index contributed by atoms with van der Waals surface area (Å²) in [4.78, 5) is 0. The highest BCUT2D eigenvalue weighted by Gasteiger charge is 2.33. The maximum absolute atomic E-state index is 13.1. The lowest BCUT2D eigenvalue weighted by atomic mass is 9.91. The molecule has 4 atom stereocenters. The van der Waals surface area contributed by atoms with Gasteiger partial charge in [-0.15, -0.1) is 0 Å². The monoisotopic (exact) mass is 382 g/mol. The van der Waals surface area contributed by atoms with Crippen LogP contribution < -0.4 is 0 Å². The fourth-order valence-corrected chi connectivity index (χ4v) is 5.18. The van der Waals surface area contributed by atoms with E-state index in [0.717, 1.165) is 51.1 Å². The number of phosphoric acid groups is 1. The van der Waals surface area contributed by atoms with Crippen molar-refractivity contribution >= 4 is 16.6 Å². The Morgan fingerprint density at radius 3 is 2.17 bits per heavy atom. The van der Waals surface area contributed by atoms with Crippen LogP contribution in [0.25, 0.3) is 0 Å². The maximum Gasteiger partial charge on any atom is 0.478 e. The van der Waals surface area contributed by atoms with E-state index < -0.39 is 7.82 Å². The number of rotatable bonds is 17. The zero-order valence-corrected chi connectivity index (χ0v) is 18.4. The van der Waals surface area contributed by atoms with Gasteiger partial charge in [0.1, 0.15) is 0 Å². The van der Waals surface area contributed by atoms with Crippen molar-refractivity contribution in [2.45, 2.75) is 98.5 Å². The Balaban J connectivity index is 4.92. The minimum absolute atomic E-state index is 0.0366. The molecule has 0 fully saturated rings. The molecule has 0 aromatic carbocycles. The molecule has 0 saturated carbocycles. The summed E-state index contributed by atoms with van der Waals surface area (Å²) in [5.41, 5.74) is 0. The fourth-order valence-electron chi connectivity index (χ4n) is 2.57. The Morgan fingerprint density at radius 2 is 1.62 bits per heavy atom. The minimum Gasteiger partial charge on any atom is -0.287 e. The van der Waals surface area contributed by atoms with Crippen LogP contribution in [0.5, 0.6) is 0 Å². The summed E-state index contributed by atoms with van der Waals surface area (Å²) in [6.07, 6.45) is 10.2. The third-order valence-corrected chi connectivity index (χ3v) is 7.23. The van der Waals surface area contributed by atoms with Crippen molar-refractivity contribution in [2.24, 2.45) is 5.92 Å². The molecule has 24 heavy (non-hydrogen) atoms. The summed E-state index contributed by atoms with van der Waals surface area (Å²) < 4.78 is 30.4. The Labute approximate surface area is 152 Å². The molecule has 6 heteroatoms. The van der Waals surface area contributed by atoms with E-state index in [1.807, 2.05) is 0 Å². The molecule has 0 rings (SSSR count). The molecule has 0 saturated heterocycles. The second-order valence-electron chi connectivity index (χ2n) is 6.36. The quantitative estimate of drug-likeness (QED) is 0.195.